The van der Waals surface area contributed by atoms with Crippen molar-refractivity contribution in [2.24, 2.45) is 5.73 Å². The van der Waals surface area contributed by atoms with Crippen LogP contribution in [-0.2, 0) is 5.54 Å². The monoisotopic (exact) mass is 203 g/mol. The highest BCUT2D eigenvalue weighted by atomic mass is 35.5. The molecule has 0 atom stereocenters. The van der Waals surface area contributed by atoms with Gasteiger partial charge in [0.2, 0.25) is 0 Å². The van der Waals surface area contributed by atoms with Crippen LogP contribution in [0.15, 0.2) is 12.1 Å². The summed E-state index contributed by atoms with van der Waals surface area (Å²) in [7, 11) is 0. The van der Waals surface area contributed by atoms with Gasteiger partial charge in [-0.3, -0.25) is 0 Å². The van der Waals surface area contributed by atoms with E-state index in [0.717, 1.165) is 6.07 Å². The van der Waals surface area contributed by atoms with Gasteiger partial charge in [0.15, 0.2) is 0 Å². The number of benzene rings is 1. The van der Waals surface area contributed by atoms with Crippen molar-refractivity contribution >= 4 is 11.6 Å². The number of nitrogens with two attached hydrogens (primary N) is 1. The zero-order valence-corrected chi connectivity index (χ0v) is 7.54. The first-order valence-corrected chi connectivity index (χ1v) is 4.35. The molecular weight excluding hydrogens is 196 g/mol. The third kappa shape index (κ3) is 1.32. The Morgan fingerprint density at radius 3 is 2.46 bits per heavy atom. The van der Waals surface area contributed by atoms with Gasteiger partial charge in [0.25, 0.3) is 0 Å². The van der Waals surface area contributed by atoms with Crippen molar-refractivity contribution < 1.29 is 8.78 Å². The Morgan fingerprint density at radius 2 is 1.92 bits per heavy atom. The lowest BCUT2D eigenvalue weighted by molar-refractivity contribution is 0.521. The van der Waals surface area contributed by atoms with Gasteiger partial charge in [-0.25, -0.2) is 8.78 Å². The molecule has 1 nitrogen and oxygen atoms in total. The van der Waals surface area contributed by atoms with Crippen LogP contribution in [0.2, 0.25) is 5.02 Å². The van der Waals surface area contributed by atoms with Crippen molar-refractivity contribution in [3.05, 3.63) is 34.4 Å². The molecule has 70 valence electrons. The molecule has 0 saturated heterocycles. The molecule has 0 aromatic heterocycles. The normalized spacial score (nSPS) is 18.8. The zero-order chi connectivity index (χ0) is 9.64. The molecule has 1 aliphatic carbocycles. The van der Waals surface area contributed by atoms with E-state index in [2.05, 4.69) is 0 Å². The Labute approximate surface area is 79.5 Å². The lowest BCUT2D eigenvalue weighted by Crippen LogP contribution is -2.22. The maximum absolute atomic E-state index is 13.3. The molecular formula is C9H8ClF2N. The first-order valence-electron chi connectivity index (χ1n) is 3.97. The van der Waals surface area contributed by atoms with Crippen LogP contribution in [0.3, 0.4) is 0 Å². The predicted molar refractivity (Wildman–Crippen MR) is 46.5 cm³/mol. The summed E-state index contributed by atoms with van der Waals surface area (Å²) in [5.74, 6) is -1.33. The molecule has 0 amide bonds. The fourth-order valence-electron chi connectivity index (χ4n) is 1.37. The Hall–Kier alpha value is -0.670. The molecule has 1 aromatic rings. The molecule has 0 unspecified atom stereocenters. The van der Waals surface area contributed by atoms with Gasteiger partial charge in [0.05, 0.1) is 5.02 Å². The van der Waals surface area contributed by atoms with E-state index in [4.69, 9.17) is 17.3 Å². The number of hydrogen-bond acceptors (Lipinski definition) is 1. The number of rotatable bonds is 1. The summed E-state index contributed by atoms with van der Waals surface area (Å²) in [6.45, 7) is 0. The van der Waals surface area contributed by atoms with Gasteiger partial charge in [-0.05, 0) is 25.0 Å². The van der Waals surface area contributed by atoms with Gasteiger partial charge in [-0.1, -0.05) is 11.6 Å². The molecule has 4 heteroatoms. The van der Waals surface area contributed by atoms with Crippen LogP contribution in [0, 0.1) is 11.6 Å². The van der Waals surface area contributed by atoms with Crippen molar-refractivity contribution in [2.75, 3.05) is 0 Å². The molecule has 2 N–H and O–H groups in total. The molecule has 0 aliphatic heterocycles. The topological polar surface area (TPSA) is 26.0 Å². The summed E-state index contributed by atoms with van der Waals surface area (Å²) >= 11 is 5.52. The second-order valence-electron chi connectivity index (χ2n) is 3.37. The average molecular weight is 204 g/mol. The maximum atomic E-state index is 13.3. The van der Waals surface area contributed by atoms with Gasteiger partial charge in [0, 0.05) is 11.1 Å². The summed E-state index contributed by atoms with van der Waals surface area (Å²) < 4.78 is 26.5. The zero-order valence-electron chi connectivity index (χ0n) is 6.78. The summed E-state index contributed by atoms with van der Waals surface area (Å²) in [6, 6.07) is 2.34. The van der Waals surface area contributed by atoms with E-state index in [1.807, 2.05) is 0 Å². The second kappa shape index (κ2) is 2.66. The minimum absolute atomic E-state index is 0.0694. The SMILES string of the molecule is NC1(c2c(F)ccc(Cl)c2F)CC1. The van der Waals surface area contributed by atoms with E-state index in [9.17, 15) is 8.78 Å². The van der Waals surface area contributed by atoms with Crippen molar-refractivity contribution in [1.82, 2.24) is 0 Å². The molecule has 2 rings (SSSR count). The Balaban J connectivity index is 2.61. The summed E-state index contributed by atoms with van der Waals surface area (Å²) in [6.07, 6.45) is 1.22. The third-order valence-electron chi connectivity index (χ3n) is 2.33. The molecule has 1 aliphatic rings. The fraction of sp³-hybridized carbons (Fsp3) is 0.333. The van der Waals surface area contributed by atoms with Crippen LogP contribution >= 0.6 is 11.6 Å². The summed E-state index contributed by atoms with van der Waals surface area (Å²) in [5.41, 5.74) is 4.81. The van der Waals surface area contributed by atoms with E-state index in [1.165, 1.54) is 6.07 Å². The van der Waals surface area contributed by atoms with Crippen LogP contribution in [0.5, 0.6) is 0 Å². The first kappa shape index (κ1) is 8.91. The molecule has 0 spiro atoms. The molecule has 0 heterocycles. The fourth-order valence-corrected chi connectivity index (χ4v) is 1.53. The highest BCUT2D eigenvalue weighted by molar-refractivity contribution is 6.30. The Bertz CT molecular complexity index is 361. The Kier molecular flexibility index (Phi) is 1.82. The van der Waals surface area contributed by atoms with Crippen molar-refractivity contribution in [1.29, 1.82) is 0 Å². The lowest BCUT2D eigenvalue weighted by Gasteiger charge is -2.12. The highest BCUT2D eigenvalue weighted by Crippen LogP contribution is 2.45. The molecule has 1 fully saturated rings. The van der Waals surface area contributed by atoms with Gasteiger partial charge in [-0.15, -0.1) is 0 Å². The minimum atomic E-state index is -0.820. The first-order chi connectivity index (χ1) is 6.04. The third-order valence-corrected chi connectivity index (χ3v) is 2.62. The largest absolute Gasteiger partial charge is 0.321 e. The quantitative estimate of drug-likeness (QED) is 0.698. The van der Waals surface area contributed by atoms with Gasteiger partial charge >= 0.3 is 0 Å². The van der Waals surface area contributed by atoms with Crippen LogP contribution in [-0.4, -0.2) is 0 Å². The van der Waals surface area contributed by atoms with Gasteiger partial charge in [0.1, 0.15) is 11.6 Å². The van der Waals surface area contributed by atoms with Crippen molar-refractivity contribution in [3.8, 4) is 0 Å². The van der Waals surface area contributed by atoms with Crippen LogP contribution in [0.1, 0.15) is 18.4 Å². The average Bonchev–Trinajstić information content (AvgIpc) is 2.78. The summed E-state index contributed by atoms with van der Waals surface area (Å²) in [5, 5.41) is -0.0758. The smallest absolute Gasteiger partial charge is 0.149 e. The van der Waals surface area contributed by atoms with Crippen LogP contribution in [0.25, 0.3) is 0 Å². The summed E-state index contributed by atoms with van der Waals surface area (Å²) in [4.78, 5) is 0. The van der Waals surface area contributed by atoms with Gasteiger partial charge in [-0.2, -0.15) is 0 Å². The van der Waals surface area contributed by atoms with Gasteiger partial charge < -0.3 is 5.73 Å². The van der Waals surface area contributed by atoms with Crippen molar-refractivity contribution in [3.63, 3.8) is 0 Å². The molecule has 1 saturated carbocycles. The second-order valence-corrected chi connectivity index (χ2v) is 3.78. The minimum Gasteiger partial charge on any atom is -0.321 e. The van der Waals surface area contributed by atoms with Crippen molar-refractivity contribution in [2.45, 2.75) is 18.4 Å². The Morgan fingerprint density at radius 1 is 1.31 bits per heavy atom. The predicted octanol–water partition coefficient (Wildman–Crippen LogP) is 2.57. The number of hydrogen-bond donors (Lipinski definition) is 1. The van der Waals surface area contributed by atoms with Crippen LogP contribution in [0.4, 0.5) is 8.78 Å². The molecule has 0 bridgehead atoms. The number of halogens is 3. The van der Waals surface area contributed by atoms with Crippen LogP contribution < -0.4 is 5.73 Å². The standard InChI is InChI=1S/C9H8ClF2N/c10-5-1-2-6(11)7(8(5)12)9(13)3-4-9/h1-2H,3-4,13H2. The highest BCUT2D eigenvalue weighted by Gasteiger charge is 2.44. The van der Waals surface area contributed by atoms with E-state index >= 15 is 0 Å². The van der Waals surface area contributed by atoms with E-state index in [0.29, 0.717) is 12.8 Å². The molecule has 13 heavy (non-hydrogen) atoms. The van der Waals surface area contributed by atoms with E-state index in [-0.39, 0.29) is 10.6 Å². The van der Waals surface area contributed by atoms with E-state index < -0.39 is 17.2 Å². The molecule has 1 aromatic carbocycles. The maximum Gasteiger partial charge on any atom is 0.149 e. The van der Waals surface area contributed by atoms with E-state index in [1.54, 1.807) is 0 Å². The lowest BCUT2D eigenvalue weighted by atomic mass is 10.0. The molecule has 0 radical (unpaired) electrons.